The van der Waals surface area contributed by atoms with Crippen molar-refractivity contribution in [1.82, 2.24) is 9.80 Å². The Kier molecular flexibility index (Phi) is 5.87. The van der Waals surface area contributed by atoms with Gasteiger partial charge in [0.15, 0.2) is 0 Å². The van der Waals surface area contributed by atoms with Crippen LogP contribution in [-0.4, -0.2) is 54.0 Å². The summed E-state index contributed by atoms with van der Waals surface area (Å²) in [6.45, 7) is 3.50. The van der Waals surface area contributed by atoms with E-state index in [1.165, 1.54) is 12.1 Å². The predicted octanol–water partition coefficient (Wildman–Crippen LogP) is 2.66. The molecule has 1 atom stereocenters. The summed E-state index contributed by atoms with van der Waals surface area (Å²) in [5.74, 6) is 0.0847. The number of alkyl halides is 3. The van der Waals surface area contributed by atoms with Crippen molar-refractivity contribution in [3.63, 3.8) is 0 Å². The Bertz CT molecular complexity index is 609. The second kappa shape index (κ2) is 7.96. The second-order valence-electron chi connectivity index (χ2n) is 7.35. The molecule has 0 spiro atoms. The highest BCUT2D eigenvalue weighted by Gasteiger charge is 2.31. The topological polar surface area (TPSA) is 49.6 Å². The smallest absolute Gasteiger partial charge is 0.343 e. The van der Waals surface area contributed by atoms with Gasteiger partial charge in [-0.15, -0.1) is 0 Å². The molecule has 7 heteroatoms. The molecule has 1 unspecified atom stereocenters. The number of amides is 1. The molecule has 2 fully saturated rings. The largest absolute Gasteiger partial charge is 0.416 e. The summed E-state index contributed by atoms with van der Waals surface area (Å²) in [7, 11) is 0. The number of hydrogen-bond acceptors (Lipinski definition) is 3. The van der Waals surface area contributed by atoms with E-state index in [0.29, 0.717) is 18.9 Å². The van der Waals surface area contributed by atoms with Gasteiger partial charge in [0.25, 0.3) is 0 Å². The minimum absolute atomic E-state index is 0.0847. The van der Waals surface area contributed by atoms with Crippen molar-refractivity contribution in [2.24, 2.45) is 5.73 Å². The van der Waals surface area contributed by atoms with Crippen LogP contribution in [0.3, 0.4) is 0 Å². The third kappa shape index (κ3) is 4.76. The monoisotopic (exact) mass is 369 g/mol. The van der Waals surface area contributed by atoms with Crippen molar-refractivity contribution in [1.29, 1.82) is 0 Å². The van der Waals surface area contributed by atoms with E-state index >= 15 is 0 Å². The summed E-state index contributed by atoms with van der Waals surface area (Å²) in [5.41, 5.74) is 6.07. The summed E-state index contributed by atoms with van der Waals surface area (Å²) in [4.78, 5) is 16.7. The zero-order chi connectivity index (χ0) is 18.7. The number of rotatable bonds is 4. The number of carbonyl (C=O) groups excluding carboxylic acids is 1. The van der Waals surface area contributed by atoms with E-state index in [2.05, 4.69) is 4.90 Å². The number of nitrogens with zero attached hydrogens (tertiary/aromatic N) is 2. The maximum Gasteiger partial charge on any atom is 0.416 e. The van der Waals surface area contributed by atoms with Crippen molar-refractivity contribution < 1.29 is 18.0 Å². The number of hydrogen-bond donors (Lipinski definition) is 1. The highest BCUT2D eigenvalue weighted by atomic mass is 19.4. The molecule has 2 aliphatic rings. The minimum Gasteiger partial charge on any atom is -0.343 e. The molecule has 0 saturated carbocycles. The number of benzene rings is 1. The van der Waals surface area contributed by atoms with Crippen LogP contribution in [0.25, 0.3) is 0 Å². The lowest BCUT2D eigenvalue weighted by molar-refractivity contribution is -0.137. The zero-order valence-corrected chi connectivity index (χ0v) is 14.8. The zero-order valence-electron chi connectivity index (χ0n) is 14.8. The number of halogens is 3. The molecule has 2 saturated heterocycles. The average molecular weight is 369 g/mol. The Morgan fingerprint density at radius 2 is 1.73 bits per heavy atom. The third-order valence-electron chi connectivity index (χ3n) is 5.50. The molecule has 0 aromatic heterocycles. The highest BCUT2D eigenvalue weighted by Crippen LogP contribution is 2.29. The van der Waals surface area contributed by atoms with Gasteiger partial charge in [-0.25, -0.2) is 0 Å². The first kappa shape index (κ1) is 19.2. The number of likely N-dealkylation sites (tertiary alicyclic amines) is 2. The predicted molar refractivity (Wildman–Crippen MR) is 93.5 cm³/mol. The van der Waals surface area contributed by atoms with E-state index in [9.17, 15) is 18.0 Å². The van der Waals surface area contributed by atoms with E-state index in [-0.39, 0.29) is 11.9 Å². The van der Waals surface area contributed by atoms with Crippen molar-refractivity contribution in [2.45, 2.75) is 50.4 Å². The standard InChI is InChI=1S/C19H26F3N3O/c20-19(21,22)15-4-1-14(2-5-15)3-6-18(26)24-11-8-17(9-12-24)25-10-7-16(23)13-25/h1-2,4-5,16-17H,3,6-13,23H2. The van der Waals surface area contributed by atoms with Crippen LogP contribution in [0.15, 0.2) is 24.3 Å². The van der Waals surface area contributed by atoms with Crippen LogP contribution in [0.5, 0.6) is 0 Å². The normalized spacial score (nSPS) is 22.8. The van der Waals surface area contributed by atoms with Crippen LogP contribution in [0.1, 0.15) is 36.8 Å². The van der Waals surface area contributed by atoms with Crippen LogP contribution in [0, 0.1) is 0 Å². The van der Waals surface area contributed by atoms with Gasteiger partial charge < -0.3 is 10.6 Å². The van der Waals surface area contributed by atoms with E-state index in [1.807, 2.05) is 4.90 Å². The number of carbonyl (C=O) groups is 1. The van der Waals surface area contributed by atoms with Gasteiger partial charge in [0.2, 0.25) is 5.91 Å². The summed E-state index contributed by atoms with van der Waals surface area (Å²) in [5, 5.41) is 0. The first-order valence-corrected chi connectivity index (χ1v) is 9.26. The summed E-state index contributed by atoms with van der Waals surface area (Å²) in [6, 6.07) is 5.86. The van der Waals surface area contributed by atoms with Gasteiger partial charge in [0, 0.05) is 44.7 Å². The van der Waals surface area contributed by atoms with E-state index < -0.39 is 11.7 Å². The quantitative estimate of drug-likeness (QED) is 0.888. The Balaban J connectivity index is 1.43. The maximum absolute atomic E-state index is 12.6. The average Bonchev–Trinajstić information content (AvgIpc) is 3.06. The number of piperidine rings is 1. The second-order valence-corrected chi connectivity index (χ2v) is 7.35. The molecule has 0 radical (unpaired) electrons. The van der Waals surface area contributed by atoms with E-state index in [1.54, 1.807) is 0 Å². The molecule has 4 nitrogen and oxygen atoms in total. The molecule has 3 rings (SSSR count). The van der Waals surface area contributed by atoms with Gasteiger partial charge in [-0.05, 0) is 43.4 Å². The van der Waals surface area contributed by atoms with E-state index in [4.69, 9.17) is 5.73 Å². The van der Waals surface area contributed by atoms with Gasteiger partial charge in [-0.1, -0.05) is 12.1 Å². The highest BCUT2D eigenvalue weighted by molar-refractivity contribution is 5.76. The third-order valence-corrected chi connectivity index (χ3v) is 5.50. The molecule has 2 aliphatic heterocycles. The van der Waals surface area contributed by atoms with Crippen molar-refractivity contribution in [3.05, 3.63) is 35.4 Å². The van der Waals surface area contributed by atoms with Crippen molar-refractivity contribution >= 4 is 5.91 Å². The van der Waals surface area contributed by atoms with Crippen LogP contribution in [0.2, 0.25) is 0 Å². The summed E-state index contributed by atoms with van der Waals surface area (Å²) >= 11 is 0. The van der Waals surface area contributed by atoms with Gasteiger partial charge in [-0.2, -0.15) is 13.2 Å². The molecule has 1 amide bonds. The lowest BCUT2D eigenvalue weighted by atomic mass is 10.0. The SMILES string of the molecule is NC1CCN(C2CCN(C(=O)CCc3ccc(C(F)(F)F)cc3)CC2)C1. The van der Waals surface area contributed by atoms with Crippen LogP contribution in [0.4, 0.5) is 13.2 Å². The first-order chi connectivity index (χ1) is 12.3. The molecule has 2 heterocycles. The van der Waals surface area contributed by atoms with Crippen LogP contribution < -0.4 is 5.73 Å². The molecule has 1 aromatic rings. The van der Waals surface area contributed by atoms with Gasteiger partial charge >= 0.3 is 6.18 Å². The molecule has 26 heavy (non-hydrogen) atoms. The molecule has 0 aliphatic carbocycles. The fourth-order valence-corrected chi connectivity index (χ4v) is 3.90. The van der Waals surface area contributed by atoms with Crippen LogP contribution >= 0.6 is 0 Å². The van der Waals surface area contributed by atoms with E-state index in [0.717, 1.165) is 63.1 Å². The fourth-order valence-electron chi connectivity index (χ4n) is 3.90. The molecular formula is C19H26F3N3O. The molecular weight excluding hydrogens is 343 g/mol. The van der Waals surface area contributed by atoms with Crippen molar-refractivity contribution in [2.75, 3.05) is 26.2 Å². The number of nitrogens with two attached hydrogens (primary N) is 1. The lowest BCUT2D eigenvalue weighted by Crippen LogP contribution is -2.46. The Morgan fingerprint density at radius 3 is 2.27 bits per heavy atom. The van der Waals surface area contributed by atoms with Gasteiger partial charge in [-0.3, -0.25) is 9.69 Å². The summed E-state index contributed by atoms with van der Waals surface area (Å²) < 4.78 is 37.7. The molecule has 1 aromatic carbocycles. The minimum atomic E-state index is -4.32. The van der Waals surface area contributed by atoms with Crippen LogP contribution in [-0.2, 0) is 17.4 Å². The maximum atomic E-state index is 12.6. The van der Waals surface area contributed by atoms with Gasteiger partial charge in [0.1, 0.15) is 0 Å². The Morgan fingerprint density at radius 1 is 1.08 bits per heavy atom. The molecule has 2 N–H and O–H groups in total. The van der Waals surface area contributed by atoms with Gasteiger partial charge in [0.05, 0.1) is 5.56 Å². The Labute approximate surface area is 152 Å². The fraction of sp³-hybridized carbons (Fsp3) is 0.632. The Hall–Kier alpha value is -1.60. The molecule has 144 valence electrons. The lowest BCUT2D eigenvalue weighted by Gasteiger charge is -2.36. The molecule has 0 bridgehead atoms. The summed E-state index contributed by atoms with van der Waals surface area (Å²) in [6.07, 6.45) is -0.524. The number of aryl methyl sites for hydroxylation is 1. The first-order valence-electron chi connectivity index (χ1n) is 9.26. The van der Waals surface area contributed by atoms with Crippen molar-refractivity contribution in [3.8, 4) is 0 Å².